The molecule has 1 heterocycles. The summed E-state index contributed by atoms with van der Waals surface area (Å²) in [5.74, 6) is 0. The number of hydrogen-bond acceptors (Lipinski definition) is 7. The van der Waals surface area contributed by atoms with Crippen molar-refractivity contribution in [3.63, 3.8) is 0 Å². The van der Waals surface area contributed by atoms with Crippen LogP contribution in [-0.4, -0.2) is 52.9 Å². The van der Waals surface area contributed by atoms with Gasteiger partial charge in [0.15, 0.2) is 0 Å². The lowest BCUT2D eigenvalue weighted by molar-refractivity contribution is 0.0226. The highest BCUT2D eigenvalue weighted by molar-refractivity contribution is 8.13. The first kappa shape index (κ1) is 14.5. The number of methoxy groups -OCH3 is 1. The van der Waals surface area contributed by atoms with Crippen molar-refractivity contribution in [3.8, 4) is 5.19 Å². The average Bonchev–Trinajstić information content (AvgIpc) is 2.99. The SMILES string of the molecule is CO[C@H]1CCC[C@@H]1Oc1nc(SC(=O)N(C)C)ns1. The Kier molecular flexibility index (Phi) is 5.00. The fourth-order valence-corrected chi connectivity index (χ4v) is 3.16. The molecule has 1 aliphatic rings. The summed E-state index contributed by atoms with van der Waals surface area (Å²) < 4.78 is 15.3. The highest BCUT2D eigenvalue weighted by atomic mass is 32.2. The van der Waals surface area contributed by atoms with Gasteiger partial charge < -0.3 is 14.4 Å². The Hall–Kier alpha value is -0.860. The molecule has 1 fully saturated rings. The Morgan fingerprint density at radius 1 is 1.42 bits per heavy atom. The Morgan fingerprint density at radius 2 is 2.16 bits per heavy atom. The van der Waals surface area contributed by atoms with Gasteiger partial charge in [0.2, 0.25) is 5.16 Å². The maximum atomic E-state index is 11.5. The smallest absolute Gasteiger partial charge is 0.294 e. The molecular formula is C11H17N3O3S2. The zero-order valence-electron chi connectivity index (χ0n) is 11.2. The number of nitrogens with zero attached hydrogens (tertiary/aromatic N) is 3. The van der Waals surface area contributed by atoms with Gasteiger partial charge in [0, 0.05) is 44.5 Å². The Morgan fingerprint density at radius 3 is 2.84 bits per heavy atom. The maximum absolute atomic E-state index is 11.5. The number of carbonyl (C=O) groups excluding carboxylic acids is 1. The first-order valence-electron chi connectivity index (χ1n) is 6.02. The van der Waals surface area contributed by atoms with E-state index in [1.807, 2.05) is 0 Å². The van der Waals surface area contributed by atoms with E-state index >= 15 is 0 Å². The zero-order chi connectivity index (χ0) is 13.8. The quantitative estimate of drug-likeness (QED) is 0.795. The fraction of sp³-hybridized carbons (Fsp3) is 0.727. The highest BCUT2D eigenvalue weighted by Crippen LogP contribution is 2.29. The van der Waals surface area contributed by atoms with Gasteiger partial charge >= 0.3 is 0 Å². The molecular weight excluding hydrogens is 286 g/mol. The summed E-state index contributed by atoms with van der Waals surface area (Å²) >= 11 is 2.17. The molecule has 0 N–H and O–H groups in total. The lowest BCUT2D eigenvalue weighted by Crippen LogP contribution is -2.27. The van der Waals surface area contributed by atoms with Crippen LogP contribution >= 0.6 is 23.3 Å². The molecule has 1 aliphatic carbocycles. The molecule has 0 radical (unpaired) electrons. The standard InChI is InChI=1S/C11H17N3O3S2/c1-14(2)11(15)18-9-12-10(19-13-9)17-8-6-4-5-7(8)16-3/h7-8H,4-6H2,1-3H3/t7-,8-/m0/s1. The topological polar surface area (TPSA) is 64.6 Å². The van der Waals surface area contributed by atoms with Crippen molar-refractivity contribution in [2.45, 2.75) is 36.6 Å². The summed E-state index contributed by atoms with van der Waals surface area (Å²) in [5.41, 5.74) is 0. The number of carbonyl (C=O) groups is 1. The lowest BCUT2D eigenvalue weighted by Gasteiger charge is -2.17. The van der Waals surface area contributed by atoms with E-state index in [2.05, 4.69) is 9.36 Å². The molecule has 0 spiro atoms. The van der Waals surface area contributed by atoms with Crippen molar-refractivity contribution in [2.75, 3.05) is 21.2 Å². The van der Waals surface area contributed by atoms with Crippen LogP contribution in [0.4, 0.5) is 4.79 Å². The van der Waals surface area contributed by atoms with Gasteiger partial charge in [-0.05, 0) is 19.3 Å². The first-order valence-corrected chi connectivity index (χ1v) is 7.61. The Balaban J connectivity index is 1.92. The van der Waals surface area contributed by atoms with Crippen LogP contribution in [0.25, 0.3) is 0 Å². The number of aromatic nitrogens is 2. The number of amides is 1. The minimum Gasteiger partial charge on any atom is -0.463 e. The number of thioether (sulfide) groups is 1. The first-order chi connectivity index (χ1) is 9.10. The molecule has 1 saturated carbocycles. The molecule has 1 aromatic heterocycles. The van der Waals surface area contributed by atoms with E-state index in [-0.39, 0.29) is 17.4 Å². The van der Waals surface area contributed by atoms with Crippen molar-refractivity contribution in [1.82, 2.24) is 14.3 Å². The second-order valence-corrected chi connectivity index (χ2v) is 6.10. The van der Waals surface area contributed by atoms with Gasteiger partial charge in [-0.2, -0.15) is 9.36 Å². The molecule has 0 bridgehead atoms. The molecule has 0 unspecified atom stereocenters. The van der Waals surface area contributed by atoms with Crippen molar-refractivity contribution in [2.24, 2.45) is 0 Å². The molecule has 0 aliphatic heterocycles. The predicted molar refractivity (Wildman–Crippen MR) is 73.9 cm³/mol. The van der Waals surface area contributed by atoms with Crippen LogP contribution in [0.1, 0.15) is 19.3 Å². The van der Waals surface area contributed by atoms with Crippen molar-refractivity contribution >= 4 is 28.5 Å². The third-order valence-corrected chi connectivity index (χ3v) is 4.51. The summed E-state index contributed by atoms with van der Waals surface area (Å²) in [6, 6.07) is 0. The average molecular weight is 303 g/mol. The summed E-state index contributed by atoms with van der Waals surface area (Å²) in [6.07, 6.45) is 3.25. The van der Waals surface area contributed by atoms with E-state index in [0.29, 0.717) is 10.4 Å². The monoisotopic (exact) mass is 303 g/mol. The van der Waals surface area contributed by atoms with Crippen LogP contribution < -0.4 is 4.74 Å². The van der Waals surface area contributed by atoms with Crippen LogP contribution in [0, 0.1) is 0 Å². The molecule has 19 heavy (non-hydrogen) atoms. The fourth-order valence-electron chi connectivity index (χ4n) is 1.88. The zero-order valence-corrected chi connectivity index (χ0v) is 12.8. The van der Waals surface area contributed by atoms with Gasteiger partial charge in [-0.15, -0.1) is 0 Å². The summed E-state index contributed by atoms with van der Waals surface area (Å²) in [7, 11) is 5.09. The van der Waals surface area contributed by atoms with Crippen molar-refractivity contribution in [1.29, 1.82) is 0 Å². The molecule has 8 heteroatoms. The van der Waals surface area contributed by atoms with Crippen LogP contribution in [0.3, 0.4) is 0 Å². The highest BCUT2D eigenvalue weighted by Gasteiger charge is 2.30. The summed E-state index contributed by atoms with van der Waals surface area (Å²) in [4.78, 5) is 17.2. The Labute approximate surface area is 120 Å². The van der Waals surface area contributed by atoms with Gasteiger partial charge in [0.25, 0.3) is 10.4 Å². The molecule has 1 amide bonds. The minimum atomic E-state index is -0.0972. The van der Waals surface area contributed by atoms with E-state index < -0.39 is 0 Å². The third-order valence-electron chi connectivity index (χ3n) is 2.88. The molecule has 2 atom stereocenters. The molecule has 0 aromatic carbocycles. The van der Waals surface area contributed by atoms with Gasteiger partial charge in [-0.3, -0.25) is 4.79 Å². The largest absolute Gasteiger partial charge is 0.463 e. The third kappa shape index (κ3) is 3.80. The van der Waals surface area contributed by atoms with Gasteiger partial charge in [0.05, 0.1) is 6.10 Å². The molecule has 6 nitrogen and oxygen atoms in total. The normalized spacial score (nSPS) is 22.5. The number of hydrogen-bond donors (Lipinski definition) is 0. The van der Waals surface area contributed by atoms with Gasteiger partial charge in [-0.1, -0.05) is 0 Å². The van der Waals surface area contributed by atoms with E-state index in [4.69, 9.17) is 9.47 Å². The second-order valence-electron chi connectivity index (χ2n) is 4.47. The lowest BCUT2D eigenvalue weighted by atomic mass is 10.2. The van der Waals surface area contributed by atoms with E-state index in [0.717, 1.165) is 31.0 Å². The van der Waals surface area contributed by atoms with E-state index in [1.54, 1.807) is 21.2 Å². The number of rotatable bonds is 4. The van der Waals surface area contributed by atoms with Crippen molar-refractivity contribution in [3.05, 3.63) is 0 Å². The number of ether oxygens (including phenoxy) is 2. The summed E-state index contributed by atoms with van der Waals surface area (Å²) in [5, 5.41) is 0.841. The predicted octanol–water partition coefficient (Wildman–Crippen LogP) is 2.26. The van der Waals surface area contributed by atoms with Crippen LogP contribution in [-0.2, 0) is 4.74 Å². The van der Waals surface area contributed by atoms with E-state index in [9.17, 15) is 4.79 Å². The minimum absolute atomic E-state index is 0.0420. The maximum Gasteiger partial charge on any atom is 0.294 e. The van der Waals surface area contributed by atoms with Crippen LogP contribution in [0.15, 0.2) is 5.16 Å². The molecule has 106 valence electrons. The molecule has 1 aromatic rings. The van der Waals surface area contributed by atoms with Gasteiger partial charge in [0.1, 0.15) is 6.10 Å². The van der Waals surface area contributed by atoms with Crippen molar-refractivity contribution < 1.29 is 14.3 Å². The van der Waals surface area contributed by atoms with Crippen LogP contribution in [0.2, 0.25) is 0 Å². The Bertz CT molecular complexity index is 439. The van der Waals surface area contributed by atoms with E-state index in [1.165, 1.54) is 16.4 Å². The van der Waals surface area contributed by atoms with Crippen LogP contribution in [0.5, 0.6) is 5.19 Å². The van der Waals surface area contributed by atoms with Gasteiger partial charge in [-0.25, -0.2) is 0 Å². The second kappa shape index (κ2) is 6.53. The summed E-state index contributed by atoms with van der Waals surface area (Å²) in [6.45, 7) is 0. The molecule has 0 saturated heterocycles. The molecule has 2 rings (SSSR count).